The smallest absolute Gasteiger partial charge is 0.175 e. The van der Waals surface area contributed by atoms with Gasteiger partial charge < -0.3 is 9.84 Å². The summed E-state index contributed by atoms with van der Waals surface area (Å²) < 4.78 is 30.2. The molecule has 0 fully saturated rings. The zero-order valence-electron chi connectivity index (χ0n) is 15.2. The van der Waals surface area contributed by atoms with Crippen molar-refractivity contribution in [3.05, 3.63) is 60.3 Å². The minimum absolute atomic E-state index is 0.0237. The van der Waals surface area contributed by atoms with Crippen molar-refractivity contribution in [3.63, 3.8) is 0 Å². The summed E-state index contributed by atoms with van der Waals surface area (Å²) in [6.07, 6.45) is 2.86. The van der Waals surface area contributed by atoms with Crippen LogP contribution in [0.25, 0.3) is 22.4 Å². The molecule has 2 aromatic carbocycles. The monoisotopic (exact) mass is 381 g/mol. The molecule has 0 saturated carbocycles. The first kappa shape index (κ1) is 17.5. The maximum absolute atomic E-state index is 12.0. The third-order valence-electron chi connectivity index (χ3n) is 4.74. The lowest BCUT2D eigenvalue weighted by molar-refractivity contribution is 0.105. The lowest BCUT2D eigenvalue weighted by Gasteiger charge is -2.35. The van der Waals surface area contributed by atoms with Crippen molar-refractivity contribution in [1.82, 2.24) is 4.98 Å². The molecule has 0 aliphatic carbocycles. The van der Waals surface area contributed by atoms with Crippen LogP contribution in [-0.4, -0.2) is 24.8 Å². The Morgan fingerprint density at radius 1 is 1.07 bits per heavy atom. The van der Waals surface area contributed by atoms with Crippen molar-refractivity contribution < 1.29 is 18.3 Å². The average Bonchev–Trinajstić information content (AvgIpc) is 2.60. The SMILES string of the molecule is CC1(C)Oc2cc(-c3ccccn3)cc(O)c2-c2cc(S(C)(=O)=O)ccc21. The quantitative estimate of drug-likeness (QED) is 0.721. The number of aromatic hydroxyl groups is 1. The number of pyridine rings is 1. The van der Waals surface area contributed by atoms with Crippen LogP contribution in [-0.2, 0) is 15.4 Å². The summed E-state index contributed by atoms with van der Waals surface area (Å²) in [4.78, 5) is 4.53. The fourth-order valence-corrected chi connectivity index (χ4v) is 4.10. The number of sulfone groups is 1. The highest BCUT2D eigenvalue weighted by Crippen LogP contribution is 2.50. The minimum atomic E-state index is -3.37. The molecular weight excluding hydrogens is 362 g/mol. The van der Waals surface area contributed by atoms with Crippen molar-refractivity contribution in [2.75, 3.05) is 6.26 Å². The fraction of sp³-hybridized carbons (Fsp3) is 0.190. The largest absolute Gasteiger partial charge is 0.507 e. The van der Waals surface area contributed by atoms with Crippen LogP contribution >= 0.6 is 0 Å². The Hall–Kier alpha value is -2.86. The summed E-state index contributed by atoms with van der Waals surface area (Å²) in [5.41, 5.74) is 2.75. The van der Waals surface area contributed by atoms with Gasteiger partial charge in [0, 0.05) is 23.6 Å². The Balaban J connectivity index is 1.99. The van der Waals surface area contributed by atoms with Gasteiger partial charge in [0.05, 0.1) is 16.2 Å². The molecule has 138 valence electrons. The predicted octanol–water partition coefficient (Wildman–Crippen LogP) is 4.15. The molecule has 1 aromatic heterocycles. The third kappa shape index (κ3) is 2.96. The van der Waals surface area contributed by atoms with E-state index in [0.29, 0.717) is 22.6 Å². The molecule has 1 aliphatic heterocycles. The van der Waals surface area contributed by atoms with Gasteiger partial charge in [-0.1, -0.05) is 12.1 Å². The van der Waals surface area contributed by atoms with E-state index in [1.807, 2.05) is 38.1 Å². The Kier molecular flexibility index (Phi) is 3.78. The maximum atomic E-state index is 12.0. The number of aromatic nitrogens is 1. The van der Waals surface area contributed by atoms with Crippen molar-refractivity contribution in [2.45, 2.75) is 24.3 Å². The van der Waals surface area contributed by atoms with Crippen LogP contribution in [0.2, 0.25) is 0 Å². The Labute approximate surface area is 158 Å². The highest BCUT2D eigenvalue weighted by Gasteiger charge is 2.35. The van der Waals surface area contributed by atoms with Gasteiger partial charge in [-0.25, -0.2) is 8.42 Å². The number of rotatable bonds is 2. The van der Waals surface area contributed by atoms with Gasteiger partial charge in [-0.05, 0) is 55.8 Å². The van der Waals surface area contributed by atoms with Crippen LogP contribution in [0.4, 0.5) is 0 Å². The van der Waals surface area contributed by atoms with Gasteiger partial charge >= 0.3 is 0 Å². The molecule has 1 aliphatic rings. The summed E-state index contributed by atoms with van der Waals surface area (Å²) in [7, 11) is -3.37. The van der Waals surface area contributed by atoms with E-state index >= 15 is 0 Å². The topological polar surface area (TPSA) is 76.5 Å². The van der Waals surface area contributed by atoms with E-state index in [1.54, 1.807) is 30.5 Å². The first-order valence-electron chi connectivity index (χ1n) is 8.49. The van der Waals surface area contributed by atoms with Gasteiger partial charge in [0.1, 0.15) is 17.1 Å². The molecule has 0 amide bonds. The molecule has 1 N–H and O–H groups in total. The van der Waals surface area contributed by atoms with Crippen LogP contribution in [0.3, 0.4) is 0 Å². The zero-order valence-corrected chi connectivity index (χ0v) is 16.0. The van der Waals surface area contributed by atoms with Crippen LogP contribution < -0.4 is 4.74 Å². The van der Waals surface area contributed by atoms with E-state index in [0.717, 1.165) is 11.1 Å². The molecule has 0 atom stereocenters. The molecule has 0 bridgehead atoms. The van der Waals surface area contributed by atoms with Crippen molar-refractivity contribution in [1.29, 1.82) is 0 Å². The standard InChI is InChI=1S/C21H19NO4S/c1-21(2)16-8-7-14(27(3,24)25)12-15(16)20-18(23)10-13(11-19(20)26-21)17-6-4-5-9-22-17/h4-12,23H,1-3H3. The van der Waals surface area contributed by atoms with E-state index in [-0.39, 0.29) is 10.6 Å². The highest BCUT2D eigenvalue weighted by molar-refractivity contribution is 7.90. The number of phenolic OH excluding ortho intramolecular Hbond substituents is 1. The average molecular weight is 381 g/mol. The van der Waals surface area contributed by atoms with Gasteiger partial charge in [0.15, 0.2) is 9.84 Å². The second-order valence-electron chi connectivity index (χ2n) is 7.18. The summed E-state index contributed by atoms with van der Waals surface area (Å²) in [5, 5.41) is 10.8. The third-order valence-corrected chi connectivity index (χ3v) is 5.85. The molecule has 0 radical (unpaired) electrons. The van der Waals surface area contributed by atoms with E-state index in [1.165, 1.54) is 6.26 Å². The summed E-state index contributed by atoms with van der Waals surface area (Å²) in [5.74, 6) is 0.523. The number of ether oxygens (including phenoxy) is 1. The maximum Gasteiger partial charge on any atom is 0.175 e. The van der Waals surface area contributed by atoms with Gasteiger partial charge in [-0.2, -0.15) is 0 Å². The molecule has 2 heterocycles. The highest BCUT2D eigenvalue weighted by atomic mass is 32.2. The second-order valence-corrected chi connectivity index (χ2v) is 9.19. The van der Waals surface area contributed by atoms with Crippen molar-refractivity contribution >= 4 is 9.84 Å². The molecule has 5 nitrogen and oxygen atoms in total. The van der Waals surface area contributed by atoms with E-state index < -0.39 is 15.4 Å². The van der Waals surface area contributed by atoms with E-state index in [9.17, 15) is 13.5 Å². The molecule has 0 saturated heterocycles. The molecule has 3 aromatic rings. The Morgan fingerprint density at radius 2 is 1.85 bits per heavy atom. The minimum Gasteiger partial charge on any atom is -0.507 e. The molecule has 27 heavy (non-hydrogen) atoms. The lowest BCUT2D eigenvalue weighted by atomic mass is 9.85. The van der Waals surface area contributed by atoms with Crippen LogP contribution in [0.1, 0.15) is 19.4 Å². The van der Waals surface area contributed by atoms with Crippen molar-refractivity contribution in [3.8, 4) is 33.9 Å². The van der Waals surface area contributed by atoms with Gasteiger partial charge in [-0.15, -0.1) is 0 Å². The van der Waals surface area contributed by atoms with Gasteiger partial charge in [0.2, 0.25) is 0 Å². The number of hydrogen-bond acceptors (Lipinski definition) is 5. The van der Waals surface area contributed by atoms with E-state index in [2.05, 4.69) is 4.98 Å². The summed E-state index contributed by atoms with van der Waals surface area (Å²) >= 11 is 0. The number of phenols is 1. The number of hydrogen-bond donors (Lipinski definition) is 1. The molecule has 4 rings (SSSR count). The summed E-state index contributed by atoms with van der Waals surface area (Å²) in [6, 6.07) is 13.9. The Bertz CT molecular complexity index is 1150. The van der Waals surface area contributed by atoms with E-state index in [4.69, 9.17) is 4.74 Å². The second kappa shape index (κ2) is 5.82. The molecule has 0 unspecified atom stereocenters. The lowest BCUT2D eigenvalue weighted by Crippen LogP contribution is -2.29. The number of fused-ring (bicyclic) bond motifs is 3. The van der Waals surface area contributed by atoms with Crippen LogP contribution in [0, 0.1) is 0 Å². The number of nitrogens with zero attached hydrogens (tertiary/aromatic N) is 1. The Morgan fingerprint density at radius 3 is 2.52 bits per heavy atom. The predicted molar refractivity (Wildman–Crippen MR) is 104 cm³/mol. The molecular formula is C21H19NO4S. The normalized spacial score (nSPS) is 14.8. The fourth-order valence-electron chi connectivity index (χ4n) is 3.45. The van der Waals surface area contributed by atoms with Crippen LogP contribution in [0.5, 0.6) is 11.5 Å². The molecule has 0 spiro atoms. The molecule has 6 heteroatoms. The summed E-state index contributed by atoms with van der Waals surface area (Å²) in [6.45, 7) is 3.83. The number of benzene rings is 2. The van der Waals surface area contributed by atoms with Gasteiger partial charge in [-0.3, -0.25) is 4.98 Å². The van der Waals surface area contributed by atoms with Gasteiger partial charge in [0.25, 0.3) is 0 Å². The first-order chi connectivity index (χ1) is 12.7. The van der Waals surface area contributed by atoms with Crippen LogP contribution in [0.15, 0.2) is 59.6 Å². The first-order valence-corrected chi connectivity index (χ1v) is 10.4. The van der Waals surface area contributed by atoms with Crippen molar-refractivity contribution in [2.24, 2.45) is 0 Å². The zero-order chi connectivity index (χ0) is 19.4.